The van der Waals surface area contributed by atoms with Crippen molar-refractivity contribution in [2.75, 3.05) is 0 Å². The third-order valence-electron chi connectivity index (χ3n) is 9.37. The summed E-state index contributed by atoms with van der Waals surface area (Å²) < 4.78 is 0. The van der Waals surface area contributed by atoms with Gasteiger partial charge in [-0.3, -0.25) is 4.79 Å². The number of fused-ring (bicyclic) bond motifs is 5. The van der Waals surface area contributed by atoms with E-state index in [4.69, 9.17) is 0 Å². The highest BCUT2D eigenvalue weighted by Gasteiger charge is 2.65. The molecule has 0 aromatic carbocycles. The first-order chi connectivity index (χ1) is 11.2. The second-order valence-corrected chi connectivity index (χ2v) is 10.00. The van der Waals surface area contributed by atoms with Crippen LogP contribution in [0.5, 0.6) is 0 Å². The monoisotopic (exact) mass is 334 g/mol. The Labute approximate surface area is 146 Å². The minimum absolute atomic E-state index is 0.0216. The van der Waals surface area contributed by atoms with E-state index in [1.165, 1.54) is 12.8 Å². The van der Waals surface area contributed by atoms with Crippen molar-refractivity contribution in [3.8, 4) is 0 Å². The maximum atomic E-state index is 12.2. The van der Waals surface area contributed by atoms with Crippen molar-refractivity contribution in [3.63, 3.8) is 0 Å². The zero-order valence-corrected chi connectivity index (χ0v) is 15.6. The largest absolute Gasteiger partial charge is 0.393 e. The van der Waals surface area contributed by atoms with E-state index in [2.05, 4.69) is 13.8 Å². The standard InChI is InChI=1S/C21H34O3/c1-13(22)21(24)11-8-18-16-5-4-14-12-15(23)6-9-19(14,2)17(16)7-10-20(18,21)3/h14-18,23-24H,4-12H2,1-3H3/t14-,15-,16-,17+,18-,19-,20-,21+/m0/s1. The van der Waals surface area contributed by atoms with Gasteiger partial charge in [0.1, 0.15) is 5.60 Å². The molecule has 24 heavy (non-hydrogen) atoms. The van der Waals surface area contributed by atoms with Crippen LogP contribution in [-0.2, 0) is 4.79 Å². The fourth-order valence-corrected chi connectivity index (χ4v) is 7.83. The molecule has 8 atom stereocenters. The smallest absolute Gasteiger partial charge is 0.161 e. The van der Waals surface area contributed by atoms with E-state index in [-0.39, 0.29) is 17.3 Å². The number of ketones is 1. The molecule has 136 valence electrons. The van der Waals surface area contributed by atoms with Crippen LogP contribution in [0.3, 0.4) is 0 Å². The lowest BCUT2D eigenvalue weighted by Crippen LogP contribution is -2.58. The predicted molar refractivity (Wildman–Crippen MR) is 93.4 cm³/mol. The first-order valence-corrected chi connectivity index (χ1v) is 10.1. The van der Waals surface area contributed by atoms with Gasteiger partial charge in [0.2, 0.25) is 0 Å². The molecule has 0 saturated heterocycles. The summed E-state index contributed by atoms with van der Waals surface area (Å²) in [5.74, 6) is 2.52. The number of aliphatic hydroxyl groups excluding tert-OH is 1. The molecule has 0 unspecified atom stereocenters. The highest BCUT2D eigenvalue weighted by atomic mass is 16.3. The van der Waals surface area contributed by atoms with E-state index in [0.717, 1.165) is 44.4 Å². The number of aliphatic hydroxyl groups is 2. The van der Waals surface area contributed by atoms with Gasteiger partial charge in [-0.25, -0.2) is 0 Å². The number of rotatable bonds is 1. The highest BCUT2D eigenvalue weighted by Crippen LogP contribution is 2.68. The van der Waals surface area contributed by atoms with Crippen LogP contribution in [0, 0.1) is 34.5 Å². The van der Waals surface area contributed by atoms with E-state index in [1.54, 1.807) is 6.92 Å². The maximum absolute atomic E-state index is 12.2. The summed E-state index contributed by atoms with van der Waals surface area (Å²) in [6.45, 7) is 6.26. The maximum Gasteiger partial charge on any atom is 0.161 e. The minimum Gasteiger partial charge on any atom is -0.393 e. The average molecular weight is 335 g/mol. The Bertz CT molecular complexity index is 545. The molecule has 0 bridgehead atoms. The summed E-state index contributed by atoms with van der Waals surface area (Å²) in [5.41, 5.74) is -0.957. The van der Waals surface area contributed by atoms with Gasteiger partial charge in [-0.2, -0.15) is 0 Å². The van der Waals surface area contributed by atoms with Crippen molar-refractivity contribution < 1.29 is 15.0 Å². The zero-order valence-electron chi connectivity index (χ0n) is 15.6. The van der Waals surface area contributed by atoms with Gasteiger partial charge in [-0.15, -0.1) is 0 Å². The van der Waals surface area contributed by atoms with Crippen molar-refractivity contribution in [1.82, 2.24) is 0 Å². The van der Waals surface area contributed by atoms with Crippen molar-refractivity contribution in [2.45, 2.75) is 90.3 Å². The SMILES string of the molecule is CC(=O)[C@]1(O)CC[C@H]2[C@H]3CC[C@H]4C[C@@H](O)CC[C@]4(C)[C@@H]3CC[C@@]21C. The molecule has 0 radical (unpaired) electrons. The van der Waals surface area contributed by atoms with Crippen LogP contribution in [0.25, 0.3) is 0 Å². The summed E-state index contributed by atoms with van der Waals surface area (Å²) in [5, 5.41) is 21.3. The van der Waals surface area contributed by atoms with Gasteiger partial charge in [0.15, 0.2) is 5.78 Å². The summed E-state index contributed by atoms with van der Waals surface area (Å²) in [6, 6.07) is 0. The summed E-state index contributed by atoms with van der Waals surface area (Å²) >= 11 is 0. The Morgan fingerprint density at radius 1 is 0.958 bits per heavy atom. The number of carbonyl (C=O) groups is 1. The minimum atomic E-state index is -1.09. The summed E-state index contributed by atoms with van der Waals surface area (Å²) in [6.07, 6.45) is 9.25. The molecule has 3 heteroatoms. The molecule has 0 aromatic rings. The quantitative estimate of drug-likeness (QED) is 0.768. The van der Waals surface area contributed by atoms with Crippen LogP contribution < -0.4 is 0 Å². The number of Topliss-reactive ketones (excluding diaryl/α,β-unsaturated/α-hetero) is 1. The fourth-order valence-electron chi connectivity index (χ4n) is 7.83. The lowest BCUT2D eigenvalue weighted by atomic mass is 9.44. The van der Waals surface area contributed by atoms with Crippen LogP contribution in [0.1, 0.15) is 78.6 Å². The van der Waals surface area contributed by atoms with Crippen LogP contribution >= 0.6 is 0 Å². The van der Waals surface area contributed by atoms with E-state index in [0.29, 0.717) is 29.6 Å². The predicted octanol–water partition coefficient (Wildman–Crippen LogP) is 3.71. The molecule has 0 aliphatic heterocycles. The van der Waals surface area contributed by atoms with Gasteiger partial charge >= 0.3 is 0 Å². The number of carbonyl (C=O) groups excluding carboxylic acids is 1. The lowest BCUT2D eigenvalue weighted by Gasteiger charge is -2.61. The molecule has 4 aliphatic carbocycles. The molecule has 2 N–H and O–H groups in total. The van der Waals surface area contributed by atoms with Crippen LogP contribution in [0.2, 0.25) is 0 Å². The van der Waals surface area contributed by atoms with Gasteiger partial charge in [-0.05, 0) is 93.8 Å². The van der Waals surface area contributed by atoms with Gasteiger partial charge in [0.05, 0.1) is 6.10 Å². The van der Waals surface area contributed by atoms with Crippen LogP contribution in [0.4, 0.5) is 0 Å². The van der Waals surface area contributed by atoms with Crippen molar-refractivity contribution >= 4 is 5.78 Å². The third kappa shape index (κ3) is 2.00. The molecule has 0 aromatic heterocycles. The Hall–Kier alpha value is -0.410. The first-order valence-electron chi connectivity index (χ1n) is 10.1. The third-order valence-corrected chi connectivity index (χ3v) is 9.37. The van der Waals surface area contributed by atoms with Crippen LogP contribution in [-0.4, -0.2) is 27.7 Å². The molecule has 4 rings (SSSR count). The molecule has 4 saturated carbocycles. The molecule has 0 spiro atoms. The van der Waals surface area contributed by atoms with Crippen LogP contribution in [0.15, 0.2) is 0 Å². The van der Waals surface area contributed by atoms with Gasteiger partial charge in [-0.1, -0.05) is 13.8 Å². The number of hydrogen-bond donors (Lipinski definition) is 2. The molecule has 4 fully saturated rings. The Morgan fingerprint density at radius 2 is 1.67 bits per heavy atom. The van der Waals surface area contributed by atoms with Gasteiger partial charge in [0, 0.05) is 5.41 Å². The molecule has 0 heterocycles. The van der Waals surface area contributed by atoms with Gasteiger partial charge in [0.25, 0.3) is 0 Å². The molecular weight excluding hydrogens is 300 g/mol. The summed E-state index contributed by atoms with van der Waals surface area (Å²) in [4.78, 5) is 12.2. The van der Waals surface area contributed by atoms with Crippen molar-refractivity contribution in [2.24, 2.45) is 34.5 Å². The molecule has 4 aliphatic rings. The lowest BCUT2D eigenvalue weighted by molar-refractivity contribution is -0.170. The van der Waals surface area contributed by atoms with E-state index in [9.17, 15) is 15.0 Å². The topological polar surface area (TPSA) is 57.5 Å². The average Bonchev–Trinajstić information content (AvgIpc) is 2.81. The first kappa shape index (κ1) is 17.0. The Morgan fingerprint density at radius 3 is 2.38 bits per heavy atom. The van der Waals surface area contributed by atoms with E-state index in [1.807, 2.05) is 0 Å². The highest BCUT2D eigenvalue weighted by molar-refractivity contribution is 5.86. The van der Waals surface area contributed by atoms with E-state index < -0.39 is 5.60 Å². The second kappa shape index (κ2) is 5.30. The van der Waals surface area contributed by atoms with Crippen molar-refractivity contribution in [1.29, 1.82) is 0 Å². The Balaban J connectivity index is 1.65. The van der Waals surface area contributed by atoms with Gasteiger partial charge < -0.3 is 10.2 Å². The molecule has 3 nitrogen and oxygen atoms in total. The van der Waals surface area contributed by atoms with Crippen molar-refractivity contribution in [3.05, 3.63) is 0 Å². The normalized spacial score (nSPS) is 57.0. The molecule has 0 amide bonds. The fraction of sp³-hybridized carbons (Fsp3) is 0.952. The summed E-state index contributed by atoms with van der Waals surface area (Å²) in [7, 11) is 0. The zero-order chi connectivity index (χ0) is 17.3. The number of hydrogen-bond acceptors (Lipinski definition) is 3. The van der Waals surface area contributed by atoms with E-state index >= 15 is 0 Å². The second-order valence-electron chi connectivity index (χ2n) is 10.00. The molecular formula is C21H34O3. The Kier molecular flexibility index (Phi) is 3.76.